The van der Waals surface area contributed by atoms with E-state index >= 15 is 0 Å². The van der Waals surface area contributed by atoms with Gasteiger partial charge in [0.1, 0.15) is 0 Å². The first-order chi connectivity index (χ1) is 8.04. The van der Waals surface area contributed by atoms with Crippen molar-refractivity contribution in [2.45, 2.75) is 27.2 Å². The lowest BCUT2D eigenvalue weighted by Crippen LogP contribution is -2.38. The van der Waals surface area contributed by atoms with E-state index < -0.39 is 0 Å². The summed E-state index contributed by atoms with van der Waals surface area (Å²) in [7, 11) is 0. The van der Waals surface area contributed by atoms with Gasteiger partial charge in [-0.2, -0.15) is 4.98 Å². The van der Waals surface area contributed by atoms with Gasteiger partial charge in [0, 0.05) is 19.5 Å². The third-order valence-corrected chi connectivity index (χ3v) is 2.60. The molecule has 0 fully saturated rings. The highest BCUT2D eigenvalue weighted by molar-refractivity contribution is 5.79. The lowest BCUT2D eigenvalue weighted by atomic mass is 9.95. The summed E-state index contributed by atoms with van der Waals surface area (Å²) < 4.78 is 4.94. The van der Waals surface area contributed by atoms with Gasteiger partial charge in [0.2, 0.25) is 11.8 Å². The Hall–Kier alpha value is -1.43. The summed E-state index contributed by atoms with van der Waals surface area (Å²) in [6.07, 6.45) is 0.544. The lowest BCUT2D eigenvalue weighted by molar-refractivity contribution is -0.125. The molecule has 1 rings (SSSR count). The number of nitrogens with one attached hydrogen (secondary N) is 1. The number of nitrogens with zero attached hydrogens (tertiary/aromatic N) is 2. The highest BCUT2D eigenvalue weighted by Gasteiger charge is 2.19. The largest absolute Gasteiger partial charge is 0.355 e. The zero-order chi connectivity index (χ0) is 12.8. The van der Waals surface area contributed by atoms with Crippen molar-refractivity contribution in [3.8, 4) is 0 Å². The third-order valence-electron chi connectivity index (χ3n) is 2.60. The molecule has 0 aromatic carbocycles. The fourth-order valence-electron chi connectivity index (χ4n) is 1.55. The number of hydrogen-bond donors (Lipinski definition) is 2. The van der Waals surface area contributed by atoms with Crippen LogP contribution in [-0.4, -0.2) is 29.1 Å². The van der Waals surface area contributed by atoms with E-state index in [0.29, 0.717) is 31.2 Å². The van der Waals surface area contributed by atoms with Crippen LogP contribution in [0.15, 0.2) is 4.52 Å². The molecular weight excluding hydrogens is 220 g/mol. The van der Waals surface area contributed by atoms with E-state index in [-0.39, 0.29) is 17.7 Å². The van der Waals surface area contributed by atoms with Crippen LogP contribution >= 0.6 is 0 Å². The molecule has 0 bridgehead atoms. The standard InChI is InChI=1S/C11H20N4O2/c1-7(2)9(6-12)11(16)13-5-4-10-14-8(3)15-17-10/h7,9H,4-6,12H2,1-3H3,(H,13,16). The van der Waals surface area contributed by atoms with Gasteiger partial charge in [-0.25, -0.2) is 0 Å². The molecule has 3 N–H and O–H groups in total. The van der Waals surface area contributed by atoms with Crippen molar-refractivity contribution in [2.24, 2.45) is 17.6 Å². The maximum atomic E-state index is 11.8. The molecule has 0 aliphatic heterocycles. The fraction of sp³-hybridized carbons (Fsp3) is 0.727. The first-order valence-electron chi connectivity index (χ1n) is 5.81. The van der Waals surface area contributed by atoms with E-state index in [1.165, 1.54) is 0 Å². The van der Waals surface area contributed by atoms with Crippen molar-refractivity contribution in [2.75, 3.05) is 13.1 Å². The zero-order valence-corrected chi connectivity index (χ0v) is 10.6. The van der Waals surface area contributed by atoms with Crippen LogP contribution in [0, 0.1) is 18.8 Å². The average molecular weight is 240 g/mol. The molecule has 1 aromatic rings. The molecule has 1 amide bonds. The topological polar surface area (TPSA) is 94.0 Å². The number of rotatable bonds is 6. The van der Waals surface area contributed by atoms with E-state index in [1.807, 2.05) is 13.8 Å². The minimum Gasteiger partial charge on any atom is -0.355 e. The fourth-order valence-corrected chi connectivity index (χ4v) is 1.55. The number of nitrogens with two attached hydrogens (primary N) is 1. The van der Waals surface area contributed by atoms with Crippen molar-refractivity contribution >= 4 is 5.91 Å². The second-order valence-corrected chi connectivity index (χ2v) is 4.36. The molecule has 0 radical (unpaired) electrons. The minimum absolute atomic E-state index is 0.0151. The van der Waals surface area contributed by atoms with Crippen molar-refractivity contribution in [1.29, 1.82) is 0 Å². The molecule has 0 spiro atoms. The van der Waals surface area contributed by atoms with Gasteiger partial charge in [0.15, 0.2) is 5.82 Å². The van der Waals surface area contributed by atoms with Crippen molar-refractivity contribution in [3.05, 3.63) is 11.7 Å². The van der Waals surface area contributed by atoms with Crippen molar-refractivity contribution in [1.82, 2.24) is 15.5 Å². The Balaban J connectivity index is 2.33. The van der Waals surface area contributed by atoms with Crippen LogP contribution in [0.5, 0.6) is 0 Å². The Kier molecular flexibility index (Phi) is 5.09. The molecular formula is C11H20N4O2. The van der Waals surface area contributed by atoms with Gasteiger partial charge in [-0.3, -0.25) is 4.79 Å². The number of amides is 1. The Morgan fingerprint density at radius 2 is 2.24 bits per heavy atom. The Bertz CT molecular complexity index is 362. The quantitative estimate of drug-likeness (QED) is 0.744. The van der Waals surface area contributed by atoms with Gasteiger partial charge < -0.3 is 15.6 Å². The second-order valence-electron chi connectivity index (χ2n) is 4.36. The third kappa shape index (κ3) is 4.14. The maximum absolute atomic E-state index is 11.8. The summed E-state index contributed by atoms with van der Waals surface area (Å²) in [5, 5.41) is 6.50. The van der Waals surface area contributed by atoms with E-state index in [9.17, 15) is 4.79 Å². The van der Waals surface area contributed by atoms with Crippen LogP contribution in [0.4, 0.5) is 0 Å². The van der Waals surface area contributed by atoms with E-state index in [2.05, 4.69) is 15.5 Å². The molecule has 0 aliphatic rings. The molecule has 0 aliphatic carbocycles. The monoisotopic (exact) mass is 240 g/mol. The summed E-state index contributed by atoms with van der Waals surface area (Å²) in [5.74, 6) is 1.23. The highest BCUT2D eigenvalue weighted by atomic mass is 16.5. The Morgan fingerprint density at radius 1 is 1.53 bits per heavy atom. The summed E-state index contributed by atoms with van der Waals surface area (Å²) in [5.41, 5.74) is 5.56. The van der Waals surface area contributed by atoms with Gasteiger partial charge in [0.25, 0.3) is 0 Å². The normalized spacial score (nSPS) is 12.8. The number of aromatic nitrogens is 2. The molecule has 96 valence electrons. The van der Waals surface area contributed by atoms with Gasteiger partial charge in [-0.15, -0.1) is 0 Å². The van der Waals surface area contributed by atoms with Crippen molar-refractivity contribution in [3.63, 3.8) is 0 Å². The Labute approximate surface area is 101 Å². The van der Waals surface area contributed by atoms with E-state index in [4.69, 9.17) is 10.3 Å². The summed E-state index contributed by atoms with van der Waals surface area (Å²) in [4.78, 5) is 15.8. The van der Waals surface area contributed by atoms with Gasteiger partial charge in [-0.05, 0) is 12.8 Å². The molecule has 6 heteroatoms. The lowest BCUT2D eigenvalue weighted by Gasteiger charge is -2.17. The molecule has 0 saturated carbocycles. The number of carbonyl (C=O) groups is 1. The number of carbonyl (C=O) groups excluding carboxylic acids is 1. The summed E-state index contributed by atoms with van der Waals surface area (Å²) in [6, 6.07) is 0. The van der Waals surface area contributed by atoms with Crippen LogP contribution < -0.4 is 11.1 Å². The van der Waals surface area contributed by atoms with Gasteiger partial charge >= 0.3 is 0 Å². The predicted molar refractivity (Wildman–Crippen MR) is 63.1 cm³/mol. The molecule has 1 unspecified atom stereocenters. The minimum atomic E-state index is -0.139. The van der Waals surface area contributed by atoms with E-state index in [0.717, 1.165) is 0 Å². The second kappa shape index (κ2) is 6.34. The van der Waals surface area contributed by atoms with Crippen molar-refractivity contribution < 1.29 is 9.32 Å². The van der Waals surface area contributed by atoms with Gasteiger partial charge in [0.05, 0.1) is 5.92 Å². The molecule has 1 heterocycles. The molecule has 1 aromatic heterocycles. The smallest absolute Gasteiger partial charge is 0.228 e. The SMILES string of the molecule is Cc1noc(CCNC(=O)C(CN)C(C)C)n1. The van der Waals surface area contributed by atoms with E-state index in [1.54, 1.807) is 6.92 Å². The predicted octanol–water partition coefficient (Wildman–Crippen LogP) is 0.268. The molecule has 17 heavy (non-hydrogen) atoms. The summed E-state index contributed by atoms with van der Waals surface area (Å²) >= 11 is 0. The average Bonchev–Trinajstić information content (AvgIpc) is 2.64. The first kappa shape index (κ1) is 13.6. The Morgan fingerprint density at radius 3 is 2.71 bits per heavy atom. The van der Waals surface area contributed by atoms with Crippen LogP contribution in [0.25, 0.3) is 0 Å². The molecule has 1 atom stereocenters. The zero-order valence-electron chi connectivity index (χ0n) is 10.6. The summed E-state index contributed by atoms with van der Waals surface area (Å²) in [6.45, 7) is 6.58. The van der Waals surface area contributed by atoms with Crippen LogP contribution in [0.2, 0.25) is 0 Å². The number of aryl methyl sites for hydroxylation is 1. The first-order valence-corrected chi connectivity index (χ1v) is 5.81. The molecule has 0 saturated heterocycles. The van der Waals surface area contributed by atoms with Gasteiger partial charge in [-0.1, -0.05) is 19.0 Å². The highest BCUT2D eigenvalue weighted by Crippen LogP contribution is 2.08. The van der Waals surface area contributed by atoms with Crippen LogP contribution in [-0.2, 0) is 11.2 Å². The maximum Gasteiger partial charge on any atom is 0.228 e. The van der Waals surface area contributed by atoms with Crippen LogP contribution in [0.1, 0.15) is 25.6 Å². The number of hydrogen-bond acceptors (Lipinski definition) is 5. The van der Waals surface area contributed by atoms with Crippen LogP contribution in [0.3, 0.4) is 0 Å². The molecule has 6 nitrogen and oxygen atoms in total.